The van der Waals surface area contributed by atoms with Crippen molar-refractivity contribution in [2.24, 2.45) is 0 Å². The molecular weight excluding hydrogens is 232 g/mol. The maximum absolute atomic E-state index is 3.19. The van der Waals surface area contributed by atoms with Crippen molar-refractivity contribution in [2.75, 3.05) is 18.9 Å². The summed E-state index contributed by atoms with van der Waals surface area (Å²) in [5.74, 6) is 0. The van der Waals surface area contributed by atoms with Crippen molar-refractivity contribution in [3.63, 3.8) is 0 Å². The molecule has 2 aromatic carbocycles. The van der Waals surface area contributed by atoms with E-state index in [0.29, 0.717) is 0 Å². The van der Waals surface area contributed by atoms with Crippen molar-refractivity contribution in [3.8, 4) is 0 Å². The Bertz CT molecular complexity index is 494. The Hall–Kier alpha value is -1.80. The summed E-state index contributed by atoms with van der Waals surface area (Å²) in [7, 11) is 1.96. The number of benzene rings is 2. The maximum Gasteiger partial charge on any atom is 0.0340 e. The highest BCUT2D eigenvalue weighted by molar-refractivity contribution is 5.44. The Morgan fingerprint density at radius 1 is 0.895 bits per heavy atom. The van der Waals surface area contributed by atoms with Gasteiger partial charge in [-0.15, -0.1) is 0 Å². The molecule has 0 aliphatic rings. The molecule has 2 rings (SSSR count). The lowest BCUT2D eigenvalue weighted by atomic mass is 10.1. The molecule has 0 amide bonds. The number of nitrogens with one attached hydrogen (secondary N) is 1. The lowest BCUT2D eigenvalue weighted by Crippen LogP contribution is -2.22. The molecule has 0 spiro atoms. The lowest BCUT2D eigenvalue weighted by molar-refractivity contribution is 0.271. The molecule has 19 heavy (non-hydrogen) atoms. The van der Waals surface area contributed by atoms with Crippen LogP contribution >= 0.6 is 0 Å². The summed E-state index contributed by atoms with van der Waals surface area (Å²) < 4.78 is 0. The molecule has 0 bridgehead atoms. The van der Waals surface area contributed by atoms with Gasteiger partial charge in [0.15, 0.2) is 0 Å². The van der Waals surface area contributed by atoms with Crippen molar-refractivity contribution in [2.45, 2.75) is 20.0 Å². The predicted octanol–water partition coefficient (Wildman–Crippen LogP) is 3.75. The molecule has 1 N–H and O–H groups in total. The van der Waals surface area contributed by atoms with Gasteiger partial charge in [-0.05, 0) is 29.8 Å². The van der Waals surface area contributed by atoms with Gasteiger partial charge in [0, 0.05) is 25.8 Å². The summed E-state index contributed by atoms with van der Waals surface area (Å²) in [4.78, 5) is 2.45. The summed E-state index contributed by atoms with van der Waals surface area (Å²) >= 11 is 0. The number of rotatable bonds is 6. The van der Waals surface area contributed by atoms with Gasteiger partial charge in [0.2, 0.25) is 0 Å². The topological polar surface area (TPSA) is 15.3 Å². The molecule has 100 valence electrons. The first-order valence-corrected chi connectivity index (χ1v) is 6.84. The highest BCUT2D eigenvalue weighted by Gasteiger charge is 2.05. The number of anilines is 1. The van der Waals surface area contributed by atoms with Crippen LogP contribution in [0.4, 0.5) is 5.69 Å². The van der Waals surface area contributed by atoms with Crippen LogP contribution < -0.4 is 5.32 Å². The Morgan fingerprint density at radius 2 is 1.58 bits per heavy atom. The fraction of sp³-hybridized carbons (Fsp3) is 0.294. The lowest BCUT2D eigenvalue weighted by Gasteiger charge is -2.21. The van der Waals surface area contributed by atoms with E-state index in [-0.39, 0.29) is 0 Å². The quantitative estimate of drug-likeness (QED) is 0.844. The van der Waals surface area contributed by atoms with Crippen molar-refractivity contribution < 1.29 is 0 Å². The number of hydrogen-bond donors (Lipinski definition) is 1. The minimum Gasteiger partial charge on any atom is -0.388 e. The van der Waals surface area contributed by atoms with Crippen LogP contribution in [-0.2, 0) is 13.1 Å². The van der Waals surface area contributed by atoms with Crippen molar-refractivity contribution >= 4 is 5.69 Å². The molecule has 0 fully saturated rings. The van der Waals surface area contributed by atoms with Gasteiger partial charge < -0.3 is 5.32 Å². The van der Waals surface area contributed by atoms with Gasteiger partial charge >= 0.3 is 0 Å². The van der Waals surface area contributed by atoms with Gasteiger partial charge in [-0.1, -0.05) is 49.4 Å². The van der Waals surface area contributed by atoms with Crippen molar-refractivity contribution in [1.29, 1.82) is 0 Å². The van der Waals surface area contributed by atoms with E-state index in [9.17, 15) is 0 Å². The summed E-state index contributed by atoms with van der Waals surface area (Å²) in [5, 5.41) is 3.19. The number of nitrogens with zero attached hydrogens (tertiary/aromatic N) is 1. The minimum atomic E-state index is 0.987. The summed E-state index contributed by atoms with van der Waals surface area (Å²) in [6, 6.07) is 19.3. The zero-order valence-corrected chi connectivity index (χ0v) is 11.8. The molecule has 0 radical (unpaired) electrons. The average Bonchev–Trinajstić information content (AvgIpc) is 2.48. The van der Waals surface area contributed by atoms with Crippen LogP contribution in [0.2, 0.25) is 0 Å². The summed E-state index contributed by atoms with van der Waals surface area (Å²) in [6.45, 7) is 5.26. The van der Waals surface area contributed by atoms with E-state index in [2.05, 4.69) is 71.7 Å². The Labute approximate surface area is 116 Å². The SMILES string of the molecule is CCN(Cc1ccccc1)Cc1cccc(NC)c1. The maximum atomic E-state index is 3.19. The standard InChI is InChI=1S/C17H22N2/c1-3-19(13-15-8-5-4-6-9-15)14-16-10-7-11-17(12-16)18-2/h4-12,18H,3,13-14H2,1-2H3. The third-order valence-corrected chi connectivity index (χ3v) is 3.32. The fourth-order valence-electron chi connectivity index (χ4n) is 2.20. The van der Waals surface area contributed by atoms with Gasteiger partial charge in [-0.3, -0.25) is 4.90 Å². The molecule has 0 aromatic heterocycles. The second-order valence-corrected chi connectivity index (χ2v) is 4.74. The smallest absolute Gasteiger partial charge is 0.0340 e. The van der Waals surface area contributed by atoms with Crippen LogP contribution in [0.5, 0.6) is 0 Å². The first-order chi connectivity index (χ1) is 9.31. The van der Waals surface area contributed by atoms with Crippen LogP contribution in [0, 0.1) is 0 Å². The van der Waals surface area contributed by atoms with E-state index in [1.165, 1.54) is 16.8 Å². The Morgan fingerprint density at radius 3 is 2.26 bits per heavy atom. The Kier molecular flexibility index (Phi) is 4.99. The third-order valence-electron chi connectivity index (χ3n) is 3.32. The Balaban J connectivity index is 2.02. The molecule has 0 aliphatic heterocycles. The largest absolute Gasteiger partial charge is 0.388 e. The third kappa shape index (κ3) is 4.11. The van der Waals surface area contributed by atoms with Crippen LogP contribution in [-0.4, -0.2) is 18.5 Å². The summed E-state index contributed by atoms with van der Waals surface area (Å²) in [5.41, 5.74) is 3.90. The fourth-order valence-corrected chi connectivity index (χ4v) is 2.20. The normalized spacial score (nSPS) is 10.7. The van der Waals surface area contributed by atoms with E-state index >= 15 is 0 Å². The highest BCUT2D eigenvalue weighted by Crippen LogP contribution is 2.13. The molecule has 0 heterocycles. The molecule has 0 saturated heterocycles. The van der Waals surface area contributed by atoms with E-state index in [4.69, 9.17) is 0 Å². The highest BCUT2D eigenvalue weighted by atomic mass is 15.1. The summed E-state index contributed by atoms with van der Waals surface area (Å²) in [6.07, 6.45) is 0. The molecule has 2 aromatic rings. The van der Waals surface area contributed by atoms with E-state index in [1.807, 2.05) is 7.05 Å². The average molecular weight is 254 g/mol. The molecule has 0 unspecified atom stereocenters. The monoisotopic (exact) mass is 254 g/mol. The van der Waals surface area contributed by atoms with E-state index in [1.54, 1.807) is 0 Å². The van der Waals surface area contributed by atoms with Crippen LogP contribution in [0.15, 0.2) is 54.6 Å². The zero-order chi connectivity index (χ0) is 13.5. The number of hydrogen-bond acceptors (Lipinski definition) is 2. The van der Waals surface area contributed by atoms with Crippen molar-refractivity contribution in [1.82, 2.24) is 4.90 Å². The van der Waals surface area contributed by atoms with Gasteiger partial charge in [-0.25, -0.2) is 0 Å². The van der Waals surface area contributed by atoms with Gasteiger partial charge in [-0.2, -0.15) is 0 Å². The van der Waals surface area contributed by atoms with E-state index in [0.717, 1.165) is 19.6 Å². The van der Waals surface area contributed by atoms with Crippen molar-refractivity contribution in [3.05, 3.63) is 65.7 Å². The van der Waals surface area contributed by atoms with E-state index < -0.39 is 0 Å². The second kappa shape index (κ2) is 6.95. The zero-order valence-electron chi connectivity index (χ0n) is 11.8. The second-order valence-electron chi connectivity index (χ2n) is 4.74. The van der Waals surface area contributed by atoms with Crippen LogP contribution in [0.3, 0.4) is 0 Å². The molecule has 0 saturated carbocycles. The van der Waals surface area contributed by atoms with Crippen LogP contribution in [0.25, 0.3) is 0 Å². The molecule has 2 heteroatoms. The van der Waals surface area contributed by atoms with Gasteiger partial charge in [0.25, 0.3) is 0 Å². The molecule has 0 atom stereocenters. The first kappa shape index (κ1) is 13.6. The van der Waals surface area contributed by atoms with Gasteiger partial charge in [0.05, 0.1) is 0 Å². The van der Waals surface area contributed by atoms with Gasteiger partial charge in [0.1, 0.15) is 0 Å². The predicted molar refractivity (Wildman–Crippen MR) is 82.2 cm³/mol. The molecular formula is C17H22N2. The minimum absolute atomic E-state index is 0.987. The van der Waals surface area contributed by atoms with Crippen LogP contribution in [0.1, 0.15) is 18.1 Å². The molecule has 2 nitrogen and oxygen atoms in total. The molecule has 0 aliphatic carbocycles. The first-order valence-electron chi connectivity index (χ1n) is 6.84.